The molecule has 0 spiro atoms. The number of halogens is 1. The molecule has 1 rings (SSSR count). The Morgan fingerprint density at radius 2 is 2.23 bits per heavy atom. The summed E-state index contributed by atoms with van der Waals surface area (Å²) < 4.78 is 13.3. The summed E-state index contributed by atoms with van der Waals surface area (Å²) in [4.78, 5) is 3.80. The zero-order chi connectivity index (χ0) is 9.84. The maximum Gasteiger partial charge on any atom is 0.132 e. The molecule has 1 aromatic rings. The fourth-order valence-electron chi connectivity index (χ4n) is 1.17. The maximum absolute atomic E-state index is 13.3. The molecule has 2 heteroatoms. The van der Waals surface area contributed by atoms with Crippen LogP contribution in [-0.4, -0.2) is 13.3 Å². The van der Waals surface area contributed by atoms with Crippen LogP contribution >= 0.6 is 0 Å². The summed E-state index contributed by atoms with van der Waals surface area (Å²) in [7, 11) is 1.62. The number of allylic oxidation sites excluding steroid dienone is 1. The van der Waals surface area contributed by atoms with E-state index >= 15 is 0 Å². The quantitative estimate of drug-likeness (QED) is 0.616. The highest BCUT2D eigenvalue weighted by Gasteiger charge is 2.05. The van der Waals surface area contributed by atoms with Gasteiger partial charge >= 0.3 is 0 Å². The van der Waals surface area contributed by atoms with Crippen LogP contribution in [0.3, 0.4) is 0 Å². The van der Waals surface area contributed by atoms with Crippen LogP contribution in [0.4, 0.5) is 4.39 Å². The molecule has 0 radical (unpaired) electrons. The SMILES string of the molecule is C=C(C)c1cccc(F)c1/C=N/C. The van der Waals surface area contributed by atoms with E-state index in [9.17, 15) is 4.39 Å². The Hall–Kier alpha value is -1.44. The van der Waals surface area contributed by atoms with E-state index in [0.29, 0.717) is 5.56 Å². The molecule has 0 aliphatic rings. The normalized spacial score (nSPS) is 10.7. The van der Waals surface area contributed by atoms with Crippen LogP contribution in [0.1, 0.15) is 18.1 Å². The van der Waals surface area contributed by atoms with Gasteiger partial charge in [-0.1, -0.05) is 24.3 Å². The lowest BCUT2D eigenvalue weighted by Crippen LogP contribution is -1.94. The zero-order valence-electron chi connectivity index (χ0n) is 7.84. The van der Waals surface area contributed by atoms with Gasteiger partial charge < -0.3 is 0 Å². The van der Waals surface area contributed by atoms with Gasteiger partial charge in [-0.15, -0.1) is 0 Å². The van der Waals surface area contributed by atoms with E-state index in [2.05, 4.69) is 11.6 Å². The van der Waals surface area contributed by atoms with Gasteiger partial charge in [0.15, 0.2) is 0 Å². The fourth-order valence-corrected chi connectivity index (χ4v) is 1.17. The molecule has 0 unspecified atom stereocenters. The Morgan fingerprint density at radius 1 is 1.54 bits per heavy atom. The topological polar surface area (TPSA) is 12.4 Å². The standard InChI is InChI=1S/C11H12FN/c1-8(2)9-5-4-6-11(12)10(9)7-13-3/h4-7H,1H2,2-3H3/b13-7+. The van der Waals surface area contributed by atoms with Crippen LogP contribution in [0.5, 0.6) is 0 Å². The average Bonchev–Trinajstić information content (AvgIpc) is 2.08. The minimum Gasteiger partial charge on any atom is -0.296 e. The van der Waals surface area contributed by atoms with Crippen LogP contribution in [0.15, 0.2) is 29.8 Å². The Balaban J connectivity index is 3.33. The summed E-state index contributed by atoms with van der Waals surface area (Å²) in [5.74, 6) is -0.258. The number of nitrogens with zero attached hydrogens (tertiary/aromatic N) is 1. The summed E-state index contributed by atoms with van der Waals surface area (Å²) >= 11 is 0. The van der Waals surface area contributed by atoms with Gasteiger partial charge in [-0.25, -0.2) is 4.39 Å². The minimum absolute atomic E-state index is 0.258. The van der Waals surface area contributed by atoms with Gasteiger partial charge in [0.05, 0.1) is 0 Å². The van der Waals surface area contributed by atoms with E-state index in [0.717, 1.165) is 11.1 Å². The Kier molecular flexibility index (Phi) is 2.96. The van der Waals surface area contributed by atoms with E-state index in [-0.39, 0.29) is 5.82 Å². The van der Waals surface area contributed by atoms with E-state index in [1.807, 2.05) is 13.0 Å². The van der Waals surface area contributed by atoms with E-state index in [1.54, 1.807) is 13.1 Å². The Morgan fingerprint density at radius 3 is 2.77 bits per heavy atom. The summed E-state index contributed by atoms with van der Waals surface area (Å²) in [5.41, 5.74) is 2.16. The summed E-state index contributed by atoms with van der Waals surface area (Å²) in [5, 5.41) is 0. The third-order valence-electron chi connectivity index (χ3n) is 1.77. The molecule has 0 aliphatic heterocycles. The number of rotatable bonds is 2. The summed E-state index contributed by atoms with van der Waals surface area (Å²) in [6.07, 6.45) is 1.51. The lowest BCUT2D eigenvalue weighted by atomic mass is 10.0. The Labute approximate surface area is 77.6 Å². The predicted molar refractivity (Wildman–Crippen MR) is 54.6 cm³/mol. The molecule has 68 valence electrons. The molecule has 0 aromatic heterocycles. The van der Waals surface area contributed by atoms with Crippen LogP contribution in [-0.2, 0) is 0 Å². The van der Waals surface area contributed by atoms with Crippen molar-refractivity contribution < 1.29 is 4.39 Å². The first-order valence-corrected chi connectivity index (χ1v) is 4.03. The third kappa shape index (κ3) is 2.02. The zero-order valence-corrected chi connectivity index (χ0v) is 7.84. The monoisotopic (exact) mass is 177 g/mol. The lowest BCUT2D eigenvalue weighted by Gasteiger charge is -2.05. The molecule has 0 N–H and O–H groups in total. The van der Waals surface area contributed by atoms with Gasteiger partial charge in [-0.3, -0.25) is 4.99 Å². The number of hydrogen-bond donors (Lipinski definition) is 0. The van der Waals surface area contributed by atoms with Gasteiger partial charge in [0.1, 0.15) is 5.82 Å². The van der Waals surface area contributed by atoms with Crippen LogP contribution < -0.4 is 0 Å². The van der Waals surface area contributed by atoms with Gasteiger partial charge in [0.2, 0.25) is 0 Å². The third-order valence-corrected chi connectivity index (χ3v) is 1.77. The van der Waals surface area contributed by atoms with Crippen LogP contribution in [0, 0.1) is 5.82 Å². The van der Waals surface area contributed by atoms with Crippen molar-refractivity contribution in [3.63, 3.8) is 0 Å². The number of aliphatic imine (C=N–C) groups is 1. The van der Waals surface area contributed by atoms with Crippen LogP contribution in [0.2, 0.25) is 0 Å². The fraction of sp³-hybridized carbons (Fsp3) is 0.182. The maximum atomic E-state index is 13.3. The summed E-state index contributed by atoms with van der Waals surface area (Å²) in [6.45, 7) is 5.63. The van der Waals surface area contributed by atoms with E-state index in [1.165, 1.54) is 12.3 Å². The van der Waals surface area contributed by atoms with Gasteiger partial charge in [0.25, 0.3) is 0 Å². The average molecular weight is 177 g/mol. The highest BCUT2D eigenvalue weighted by molar-refractivity contribution is 5.87. The molecule has 0 saturated carbocycles. The molecule has 13 heavy (non-hydrogen) atoms. The molecule has 0 saturated heterocycles. The van der Waals surface area contributed by atoms with Gasteiger partial charge in [-0.2, -0.15) is 0 Å². The first kappa shape index (κ1) is 9.65. The minimum atomic E-state index is -0.258. The molecule has 1 aromatic carbocycles. The van der Waals surface area contributed by atoms with Crippen molar-refractivity contribution in [1.29, 1.82) is 0 Å². The van der Waals surface area contributed by atoms with Crippen molar-refractivity contribution in [2.45, 2.75) is 6.92 Å². The molecule has 0 amide bonds. The second-order valence-corrected chi connectivity index (χ2v) is 2.87. The Bertz CT molecular complexity index is 353. The second kappa shape index (κ2) is 3.99. The van der Waals surface area contributed by atoms with Crippen molar-refractivity contribution in [2.75, 3.05) is 7.05 Å². The lowest BCUT2D eigenvalue weighted by molar-refractivity contribution is 0.625. The highest BCUT2D eigenvalue weighted by Crippen LogP contribution is 2.18. The van der Waals surface area contributed by atoms with E-state index in [4.69, 9.17) is 0 Å². The molecule has 0 bridgehead atoms. The first-order valence-electron chi connectivity index (χ1n) is 4.03. The second-order valence-electron chi connectivity index (χ2n) is 2.87. The molecule has 0 atom stereocenters. The predicted octanol–water partition coefficient (Wildman–Crippen LogP) is 2.91. The van der Waals surface area contributed by atoms with Crippen molar-refractivity contribution in [3.8, 4) is 0 Å². The summed E-state index contributed by atoms with van der Waals surface area (Å²) in [6, 6.07) is 4.93. The van der Waals surface area contributed by atoms with Crippen molar-refractivity contribution in [1.82, 2.24) is 0 Å². The molecular weight excluding hydrogens is 165 g/mol. The number of benzene rings is 1. The molecular formula is C11H12FN. The number of hydrogen-bond acceptors (Lipinski definition) is 1. The molecule has 1 nitrogen and oxygen atoms in total. The van der Waals surface area contributed by atoms with Crippen LogP contribution in [0.25, 0.3) is 5.57 Å². The molecule has 0 heterocycles. The molecule has 0 fully saturated rings. The highest BCUT2D eigenvalue weighted by atomic mass is 19.1. The van der Waals surface area contributed by atoms with Gasteiger partial charge in [0, 0.05) is 18.8 Å². The first-order chi connectivity index (χ1) is 6.16. The molecule has 0 aliphatic carbocycles. The van der Waals surface area contributed by atoms with Gasteiger partial charge in [-0.05, 0) is 18.6 Å². The van der Waals surface area contributed by atoms with Crippen molar-refractivity contribution in [2.24, 2.45) is 4.99 Å². The van der Waals surface area contributed by atoms with E-state index < -0.39 is 0 Å². The van der Waals surface area contributed by atoms with Crippen molar-refractivity contribution >= 4 is 11.8 Å². The van der Waals surface area contributed by atoms with Crippen molar-refractivity contribution in [3.05, 3.63) is 41.7 Å². The largest absolute Gasteiger partial charge is 0.296 e. The smallest absolute Gasteiger partial charge is 0.132 e.